The second-order valence-corrected chi connectivity index (χ2v) is 4.24. The topological polar surface area (TPSA) is 92.5 Å². The van der Waals surface area contributed by atoms with Gasteiger partial charge in [0.25, 0.3) is 0 Å². The third-order valence-electron chi connectivity index (χ3n) is 2.90. The van der Waals surface area contributed by atoms with Gasteiger partial charge in [-0.05, 0) is 35.4 Å². The summed E-state index contributed by atoms with van der Waals surface area (Å²) in [6.45, 7) is 0. The smallest absolute Gasteiger partial charge is 0.115 e. The predicted molar refractivity (Wildman–Crippen MR) is 70.1 cm³/mol. The minimum absolute atomic E-state index is 0.158. The van der Waals surface area contributed by atoms with E-state index >= 15 is 0 Å². The van der Waals surface area contributed by atoms with Crippen molar-refractivity contribution in [3.63, 3.8) is 0 Å². The van der Waals surface area contributed by atoms with Crippen molar-refractivity contribution in [1.29, 1.82) is 0 Å². The van der Waals surface area contributed by atoms with Crippen LogP contribution >= 0.6 is 0 Å². The maximum Gasteiger partial charge on any atom is 0.115 e. The molecule has 0 aliphatic heterocycles. The van der Waals surface area contributed by atoms with E-state index in [1.807, 2.05) is 12.1 Å². The number of phenolic OH excluding ortho intramolecular Hbond substituents is 2. The van der Waals surface area contributed by atoms with Crippen molar-refractivity contribution in [2.75, 3.05) is 0 Å². The van der Waals surface area contributed by atoms with Crippen LogP contribution in [-0.4, -0.2) is 10.2 Å². The Morgan fingerprint density at radius 3 is 1.44 bits per heavy atom. The summed E-state index contributed by atoms with van der Waals surface area (Å²) in [6, 6.07) is 12.5. The van der Waals surface area contributed by atoms with Crippen LogP contribution < -0.4 is 11.5 Å². The quantitative estimate of drug-likeness (QED) is 0.662. The lowest BCUT2D eigenvalue weighted by Gasteiger charge is -2.21. The summed E-state index contributed by atoms with van der Waals surface area (Å²) in [5.74, 6) is 0.317. The first-order valence-corrected chi connectivity index (χ1v) is 5.67. The standard InChI is InChI=1S/C14H16N2O2/c15-13(9-3-1-5-11(17)7-9)14(16)10-4-2-6-12(18)8-10/h1-8,13-14,17-18H,15-16H2. The third-order valence-corrected chi connectivity index (χ3v) is 2.90. The minimum Gasteiger partial charge on any atom is -0.508 e. The Morgan fingerprint density at radius 2 is 1.11 bits per heavy atom. The van der Waals surface area contributed by atoms with E-state index in [0.29, 0.717) is 0 Å². The number of phenols is 2. The SMILES string of the molecule is NC(c1cccc(O)c1)C(N)c1cccc(O)c1. The summed E-state index contributed by atoms with van der Waals surface area (Å²) in [5.41, 5.74) is 13.7. The first-order valence-electron chi connectivity index (χ1n) is 5.67. The van der Waals surface area contributed by atoms with Crippen LogP contribution in [0.15, 0.2) is 48.5 Å². The van der Waals surface area contributed by atoms with Crippen LogP contribution in [0.5, 0.6) is 11.5 Å². The molecule has 4 nitrogen and oxygen atoms in total. The first-order chi connectivity index (χ1) is 8.58. The summed E-state index contributed by atoms with van der Waals surface area (Å²) < 4.78 is 0. The van der Waals surface area contributed by atoms with Gasteiger partial charge in [-0.25, -0.2) is 0 Å². The maximum atomic E-state index is 9.42. The molecule has 18 heavy (non-hydrogen) atoms. The van der Waals surface area contributed by atoms with E-state index in [9.17, 15) is 10.2 Å². The maximum absolute atomic E-state index is 9.42. The second-order valence-electron chi connectivity index (χ2n) is 4.24. The molecule has 0 aliphatic carbocycles. The molecular formula is C14H16N2O2. The van der Waals surface area contributed by atoms with Gasteiger partial charge in [0, 0.05) is 12.1 Å². The highest BCUT2D eigenvalue weighted by Gasteiger charge is 2.17. The normalized spacial score (nSPS) is 14.1. The summed E-state index contributed by atoms with van der Waals surface area (Å²) >= 11 is 0. The van der Waals surface area contributed by atoms with Gasteiger partial charge in [-0.15, -0.1) is 0 Å². The molecule has 0 bridgehead atoms. The molecule has 0 saturated heterocycles. The van der Waals surface area contributed by atoms with Gasteiger partial charge in [0.2, 0.25) is 0 Å². The fourth-order valence-corrected chi connectivity index (χ4v) is 1.88. The molecule has 6 N–H and O–H groups in total. The molecule has 0 aromatic heterocycles. The van der Waals surface area contributed by atoms with Gasteiger partial charge < -0.3 is 21.7 Å². The van der Waals surface area contributed by atoms with Crippen LogP contribution in [0.25, 0.3) is 0 Å². The van der Waals surface area contributed by atoms with Gasteiger partial charge in [0.05, 0.1) is 0 Å². The number of hydrogen-bond donors (Lipinski definition) is 4. The molecule has 0 aliphatic rings. The number of rotatable bonds is 3. The molecule has 0 heterocycles. The lowest BCUT2D eigenvalue weighted by molar-refractivity contribution is 0.468. The highest BCUT2D eigenvalue weighted by atomic mass is 16.3. The largest absolute Gasteiger partial charge is 0.508 e. The van der Waals surface area contributed by atoms with Crippen LogP contribution in [0.1, 0.15) is 23.2 Å². The molecule has 2 aromatic carbocycles. The molecule has 4 heteroatoms. The first kappa shape index (κ1) is 12.4. The summed E-state index contributed by atoms with van der Waals surface area (Å²) in [5, 5.41) is 18.8. The summed E-state index contributed by atoms with van der Waals surface area (Å²) in [6.07, 6.45) is 0. The van der Waals surface area contributed by atoms with Crippen molar-refractivity contribution < 1.29 is 10.2 Å². The third kappa shape index (κ3) is 2.61. The van der Waals surface area contributed by atoms with E-state index in [2.05, 4.69) is 0 Å². The second kappa shape index (κ2) is 5.08. The molecule has 0 radical (unpaired) electrons. The molecule has 2 atom stereocenters. The average Bonchev–Trinajstić information content (AvgIpc) is 2.37. The number of nitrogens with two attached hydrogens (primary N) is 2. The van der Waals surface area contributed by atoms with E-state index in [1.54, 1.807) is 36.4 Å². The molecule has 94 valence electrons. The van der Waals surface area contributed by atoms with E-state index in [4.69, 9.17) is 11.5 Å². The van der Waals surface area contributed by atoms with Gasteiger partial charge >= 0.3 is 0 Å². The van der Waals surface area contributed by atoms with E-state index in [1.165, 1.54) is 0 Å². The van der Waals surface area contributed by atoms with E-state index in [0.717, 1.165) is 11.1 Å². The average molecular weight is 244 g/mol. The Morgan fingerprint density at radius 1 is 0.722 bits per heavy atom. The lowest BCUT2D eigenvalue weighted by atomic mass is 9.94. The minimum atomic E-state index is -0.445. The lowest BCUT2D eigenvalue weighted by Crippen LogP contribution is -2.26. The molecule has 2 unspecified atom stereocenters. The zero-order valence-corrected chi connectivity index (χ0v) is 9.82. The zero-order chi connectivity index (χ0) is 13.1. The van der Waals surface area contributed by atoms with Crippen molar-refractivity contribution in [3.05, 3.63) is 59.7 Å². The number of benzene rings is 2. The Bertz CT molecular complexity index is 493. The van der Waals surface area contributed by atoms with Gasteiger partial charge in [0.1, 0.15) is 11.5 Å². The molecule has 0 spiro atoms. The predicted octanol–water partition coefficient (Wildman–Crippen LogP) is 1.80. The molecule has 2 aromatic rings. The Labute approximate surface area is 105 Å². The molecule has 0 saturated carbocycles. The van der Waals surface area contributed by atoms with Gasteiger partial charge in [-0.3, -0.25) is 0 Å². The van der Waals surface area contributed by atoms with Crippen molar-refractivity contribution in [3.8, 4) is 11.5 Å². The van der Waals surface area contributed by atoms with Crippen molar-refractivity contribution >= 4 is 0 Å². The monoisotopic (exact) mass is 244 g/mol. The van der Waals surface area contributed by atoms with Crippen LogP contribution in [0.4, 0.5) is 0 Å². The Balaban J connectivity index is 2.26. The summed E-state index contributed by atoms with van der Waals surface area (Å²) in [4.78, 5) is 0. The molecule has 0 fully saturated rings. The van der Waals surface area contributed by atoms with Crippen molar-refractivity contribution in [2.24, 2.45) is 11.5 Å². The highest BCUT2D eigenvalue weighted by molar-refractivity contribution is 5.34. The van der Waals surface area contributed by atoms with E-state index < -0.39 is 12.1 Å². The van der Waals surface area contributed by atoms with Crippen LogP contribution in [0.3, 0.4) is 0 Å². The van der Waals surface area contributed by atoms with Crippen LogP contribution in [0, 0.1) is 0 Å². The Hall–Kier alpha value is -2.04. The number of hydrogen-bond acceptors (Lipinski definition) is 4. The number of aromatic hydroxyl groups is 2. The van der Waals surface area contributed by atoms with Gasteiger partial charge in [0.15, 0.2) is 0 Å². The molecular weight excluding hydrogens is 228 g/mol. The fraction of sp³-hybridized carbons (Fsp3) is 0.143. The van der Waals surface area contributed by atoms with Crippen LogP contribution in [-0.2, 0) is 0 Å². The van der Waals surface area contributed by atoms with Crippen LogP contribution in [0.2, 0.25) is 0 Å². The van der Waals surface area contributed by atoms with Gasteiger partial charge in [-0.1, -0.05) is 24.3 Å². The molecule has 0 amide bonds. The summed E-state index contributed by atoms with van der Waals surface area (Å²) in [7, 11) is 0. The van der Waals surface area contributed by atoms with Gasteiger partial charge in [-0.2, -0.15) is 0 Å². The van der Waals surface area contributed by atoms with E-state index in [-0.39, 0.29) is 11.5 Å². The zero-order valence-electron chi connectivity index (χ0n) is 9.82. The highest BCUT2D eigenvalue weighted by Crippen LogP contribution is 2.27. The van der Waals surface area contributed by atoms with Crippen molar-refractivity contribution in [2.45, 2.75) is 12.1 Å². The fourth-order valence-electron chi connectivity index (χ4n) is 1.88. The Kier molecular flexibility index (Phi) is 3.50. The molecule has 2 rings (SSSR count). The van der Waals surface area contributed by atoms with Crippen molar-refractivity contribution in [1.82, 2.24) is 0 Å².